The summed E-state index contributed by atoms with van der Waals surface area (Å²) in [5.41, 5.74) is -0.203. The lowest BCUT2D eigenvalue weighted by molar-refractivity contribution is -0.129. The molecule has 3 fully saturated rings. The van der Waals surface area contributed by atoms with Gasteiger partial charge in [0.15, 0.2) is 0 Å². The number of amides is 4. The van der Waals surface area contributed by atoms with E-state index >= 15 is 0 Å². The number of imide groups is 1. The highest BCUT2D eigenvalue weighted by Gasteiger charge is 2.64. The predicted molar refractivity (Wildman–Crippen MR) is 90.0 cm³/mol. The summed E-state index contributed by atoms with van der Waals surface area (Å²) >= 11 is 0. The van der Waals surface area contributed by atoms with E-state index in [-0.39, 0.29) is 23.7 Å². The van der Waals surface area contributed by atoms with E-state index in [0.717, 1.165) is 18.6 Å². The van der Waals surface area contributed by atoms with Gasteiger partial charge in [-0.25, -0.2) is 4.79 Å². The molecule has 1 aromatic carbocycles. The van der Waals surface area contributed by atoms with Crippen LogP contribution < -0.4 is 20.7 Å². The van der Waals surface area contributed by atoms with E-state index in [9.17, 15) is 14.4 Å². The molecule has 4 atom stereocenters. The number of benzene rings is 1. The maximum atomic E-state index is 12.8. The number of carbonyl (C=O) groups excluding carboxylic acids is 3. The van der Waals surface area contributed by atoms with Gasteiger partial charge in [0.2, 0.25) is 5.91 Å². The second kappa shape index (κ2) is 5.75. The Bertz CT molecular complexity index is 732. The van der Waals surface area contributed by atoms with Gasteiger partial charge >= 0.3 is 6.03 Å². The average Bonchev–Trinajstić information content (AvgIpc) is 3.22. The van der Waals surface area contributed by atoms with Crippen LogP contribution in [0.1, 0.15) is 26.2 Å². The van der Waals surface area contributed by atoms with E-state index in [1.54, 1.807) is 12.1 Å². The van der Waals surface area contributed by atoms with Crippen LogP contribution in [0, 0.1) is 17.8 Å². The number of hydrogen-bond donors (Lipinski definition) is 3. The Morgan fingerprint density at radius 3 is 2.64 bits per heavy atom. The molecule has 4 rings (SSSR count). The van der Waals surface area contributed by atoms with E-state index in [0.29, 0.717) is 24.6 Å². The lowest BCUT2D eigenvalue weighted by atomic mass is 9.74. The molecule has 1 saturated heterocycles. The normalized spacial score (nSPS) is 32.6. The van der Waals surface area contributed by atoms with E-state index in [1.165, 1.54) is 0 Å². The molecule has 2 saturated carbocycles. The van der Waals surface area contributed by atoms with Gasteiger partial charge in [-0.05, 0) is 56.4 Å². The topological polar surface area (TPSA) is 96.5 Å². The Morgan fingerprint density at radius 2 is 2.04 bits per heavy atom. The highest BCUT2D eigenvalue weighted by Crippen LogP contribution is 2.55. The molecule has 3 aliphatic rings. The second-order valence-electron chi connectivity index (χ2n) is 7.08. The van der Waals surface area contributed by atoms with Crippen LogP contribution in [0.25, 0.3) is 0 Å². The SMILES string of the molecule is CCOc1ccc(NC(=O)[C@@H]2C[C@H]3C[C@H]2C2(C3)NC(=O)NC2=O)cc1. The fraction of sp³-hybridized carbons (Fsp3) is 0.500. The first-order valence-corrected chi connectivity index (χ1v) is 8.69. The molecule has 2 aliphatic carbocycles. The summed E-state index contributed by atoms with van der Waals surface area (Å²) in [6.07, 6.45) is 2.19. The van der Waals surface area contributed by atoms with Crippen molar-refractivity contribution in [1.29, 1.82) is 0 Å². The smallest absolute Gasteiger partial charge is 0.322 e. The summed E-state index contributed by atoms with van der Waals surface area (Å²) in [6.45, 7) is 2.51. The summed E-state index contributed by atoms with van der Waals surface area (Å²) in [7, 11) is 0. The third-order valence-corrected chi connectivity index (χ3v) is 5.64. The van der Waals surface area contributed by atoms with E-state index in [2.05, 4.69) is 16.0 Å². The van der Waals surface area contributed by atoms with Crippen molar-refractivity contribution in [2.24, 2.45) is 17.8 Å². The maximum Gasteiger partial charge on any atom is 0.322 e. The van der Waals surface area contributed by atoms with Gasteiger partial charge in [-0.1, -0.05) is 0 Å². The van der Waals surface area contributed by atoms with Crippen molar-refractivity contribution in [3.63, 3.8) is 0 Å². The quantitative estimate of drug-likeness (QED) is 0.724. The summed E-state index contributed by atoms with van der Waals surface area (Å²) in [6, 6.07) is 6.77. The molecular weight excluding hydrogens is 322 g/mol. The van der Waals surface area contributed by atoms with Gasteiger partial charge in [-0.15, -0.1) is 0 Å². The van der Waals surface area contributed by atoms with E-state index in [1.807, 2.05) is 19.1 Å². The van der Waals surface area contributed by atoms with Crippen LogP contribution in [0.2, 0.25) is 0 Å². The maximum absolute atomic E-state index is 12.8. The molecule has 1 aromatic rings. The first-order valence-electron chi connectivity index (χ1n) is 8.69. The first-order chi connectivity index (χ1) is 12.0. The van der Waals surface area contributed by atoms with Gasteiger partial charge in [0, 0.05) is 17.5 Å². The molecule has 25 heavy (non-hydrogen) atoms. The number of urea groups is 1. The van der Waals surface area contributed by atoms with Crippen molar-refractivity contribution in [2.45, 2.75) is 31.7 Å². The average molecular weight is 343 g/mol. The fourth-order valence-electron chi connectivity index (χ4n) is 4.70. The molecule has 2 bridgehead atoms. The molecular formula is C18H21N3O4. The lowest BCUT2D eigenvalue weighted by Crippen LogP contribution is -2.55. The van der Waals surface area contributed by atoms with E-state index < -0.39 is 11.6 Å². The van der Waals surface area contributed by atoms with Crippen LogP contribution >= 0.6 is 0 Å². The minimum atomic E-state index is -0.902. The van der Waals surface area contributed by atoms with Crippen molar-refractivity contribution in [2.75, 3.05) is 11.9 Å². The molecule has 132 valence electrons. The van der Waals surface area contributed by atoms with Crippen LogP contribution in [-0.2, 0) is 9.59 Å². The van der Waals surface area contributed by atoms with Gasteiger partial charge in [0.25, 0.3) is 5.91 Å². The lowest BCUT2D eigenvalue weighted by Gasteiger charge is -2.35. The predicted octanol–water partition coefficient (Wildman–Crippen LogP) is 1.65. The van der Waals surface area contributed by atoms with Crippen molar-refractivity contribution >= 4 is 23.5 Å². The molecule has 1 heterocycles. The number of carbonyl (C=O) groups is 3. The molecule has 3 N–H and O–H groups in total. The van der Waals surface area contributed by atoms with Crippen LogP contribution in [0.5, 0.6) is 5.75 Å². The summed E-state index contributed by atoms with van der Waals surface area (Å²) < 4.78 is 5.39. The van der Waals surface area contributed by atoms with Gasteiger partial charge in [0.05, 0.1) is 6.61 Å². The molecule has 1 aliphatic heterocycles. The fourth-order valence-corrected chi connectivity index (χ4v) is 4.70. The number of anilines is 1. The van der Waals surface area contributed by atoms with Gasteiger partial charge in [0.1, 0.15) is 11.3 Å². The first kappa shape index (κ1) is 15.9. The summed E-state index contributed by atoms with van der Waals surface area (Å²) in [5.74, 6) is 0.254. The van der Waals surface area contributed by atoms with Crippen LogP contribution in [0.3, 0.4) is 0 Å². The van der Waals surface area contributed by atoms with Crippen LogP contribution in [0.4, 0.5) is 10.5 Å². The number of hydrogen-bond acceptors (Lipinski definition) is 4. The Balaban J connectivity index is 1.48. The molecule has 0 radical (unpaired) electrons. The van der Waals surface area contributed by atoms with E-state index in [4.69, 9.17) is 4.74 Å². The molecule has 7 nitrogen and oxygen atoms in total. The Morgan fingerprint density at radius 1 is 1.28 bits per heavy atom. The van der Waals surface area contributed by atoms with Gasteiger partial charge < -0.3 is 15.4 Å². The van der Waals surface area contributed by atoms with Crippen LogP contribution in [-0.4, -0.2) is 30.0 Å². The van der Waals surface area contributed by atoms with Gasteiger partial charge in [-0.3, -0.25) is 14.9 Å². The number of ether oxygens (including phenoxy) is 1. The third kappa shape index (κ3) is 2.54. The zero-order chi connectivity index (χ0) is 17.6. The zero-order valence-corrected chi connectivity index (χ0v) is 14.0. The Labute approximate surface area is 145 Å². The molecule has 7 heteroatoms. The minimum absolute atomic E-state index is 0.0929. The van der Waals surface area contributed by atoms with Crippen molar-refractivity contribution in [1.82, 2.24) is 10.6 Å². The van der Waals surface area contributed by atoms with Crippen molar-refractivity contribution in [3.05, 3.63) is 24.3 Å². The van der Waals surface area contributed by atoms with Gasteiger partial charge in [-0.2, -0.15) is 0 Å². The molecule has 1 spiro atoms. The highest BCUT2D eigenvalue weighted by atomic mass is 16.5. The Hall–Kier alpha value is -2.57. The standard InChI is InChI=1S/C18H21N3O4/c1-2-25-12-5-3-11(4-6-12)19-15(22)13-7-10-8-14(13)18(9-10)16(23)20-17(24)21-18/h3-6,10,13-14H,2,7-9H2,1H3,(H,19,22)(H2,20,21,23,24)/t10-,13+,14+,18?/m0/s1. The van der Waals surface area contributed by atoms with Crippen molar-refractivity contribution in [3.8, 4) is 5.75 Å². The summed E-state index contributed by atoms with van der Waals surface area (Å²) in [5, 5.41) is 8.04. The number of rotatable bonds is 4. The third-order valence-electron chi connectivity index (χ3n) is 5.64. The number of fused-ring (bicyclic) bond motifs is 3. The molecule has 1 unspecified atom stereocenters. The summed E-state index contributed by atoms with van der Waals surface area (Å²) in [4.78, 5) is 36.6. The monoisotopic (exact) mass is 343 g/mol. The Kier molecular flexibility index (Phi) is 3.67. The van der Waals surface area contributed by atoms with Crippen molar-refractivity contribution < 1.29 is 19.1 Å². The zero-order valence-electron chi connectivity index (χ0n) is 14.0. The largest absolute Gasteiger partial charge is 0.494 e. The molecule has 0 aromatic heterocycles. The molecule has 4 amide bonds. The minimum Gasteiger partial charge on any atom is -0.494 e. The van der Waals surface area contributed by atoms with Crippen LogP contribution in [0.15, 0.2) is 24.3 Å². The number of nitrogens with one attached hydrogen (secondary N) is 3. The second-order valence-corrected chi connectivity index (χ2v) is 7.08. The highest BCUT2D eigenvalue weighted by molar-refractivity contribution is 6.08.